The fourth-order valence-electron chi connectivity index (χ4n) is 2.34. The quantitative estimate of drug-likeness (QED) is 0.720. The monoisotopic (exact) mass is 362 g/mol. The minimum Gasteiger partial charge on any atom is -0.301 e. The van der Waals surface area contributed by atoms with Gasteiger partial charge in [0.1, 0.15) is 0 Å². The van der Waals surface area contributed by atoms with Crippen LogP contribution >= 0.6 is 11.8 Å². The number of aliphatic imine (C=N–C) groups is 1. The molecule has 0 bridgehead atoms. The van der Waals surface area contributed by atoms with Crippen molar-refractivity contribution in [2.45, 2.75) is 13.5 Å². The first-order valence-electron chi connectivity index (χ1n) is 7.92. The number of nitrogens with zero attached hydrogens (tertiary/aromatic N) is 5. The number of hydrogen-bond donors (Lipinski definition) is 1. The highest BCUT2D eigenvalue weighted by Crippen LogP contribution is 2.26. The average molecular weight is 362 g/mol. The van der Waals surface area contributed by atoms with E-state index in [9.17, 15) is 4.79 Å². The van der Waals surface area contributed by atoms with Crippen molar-refractivity contribution in [2.24, 2.45) is 4.99 Å². The van der Waals surface area contributed by atoms with Gasteiger partial charge >= 0.3 is 0 Å². The molecule has 0 radical (unpaired) electrons. The van der Waals surface area contributed by atoms with E-state index in [0.717, 1.165) is 22.4 Å². The minimum absolute atomic E-state index is 0.183. The van der Waals surface area contributed by atoms with Gasteiger partial charge in [0.2, 0.25) is 0 Å². The van der Waals surface area contributed by atoms with Gasteiger partial charge in [-0.25, -0.2) is 4.98 Å². The minimum atomic E-state index is -0.183. The molecule has 1 aliphatic rings. The van der Waals surface area contributed by atoms with E-state index in [4.69, 9.17) is 0 Å². The summed E-state index contributed by atoms with van der Waals surface area (Å²) in [7, 11) is 0. The molecule has 1 N–H and O–H groups in total. The number of amides is 1. The molecule has 1 aliphatic heterocycles. The zero-order chi connectivity index (χ0) is 17.9. The van der Waals surface area contributed by atoms with E-state index >= 15 is 0 Å². The summed E-state index contributed by atoms with van der Waals surface area (Å²) in [6, 6.07) is 7.45. The number of aromatic nitrogens is 4. The van der Waals surface area contributed by atoms with Gasteiger partial charge in [-0.15, -0.1) is 0 Å². The first kappa shape index (κ1) is 16.3. The number of thioether (sulfide) groups is 1. The van der Waals surface area contributed by atoms with Gasteiger partial charge in [-0.05, 0) is 49.0 Å². The maximum absolute atomic E-state index is 12.2. The van der Waals surface area contributed by atoms with Crippen molar-refractivity contribution >= 4 is 39.9 Å². The molecule has 0 unspecified atom stereocenters. The van der Waals surface area contributed by atoms with Crippen molar-refractivity contribution in [1.29, 1.82) is 0 Å². The molecule has 0 atom stereocenters. The lowest BCUT2D eigenvalue weighted by Crippen LogP contribution is -2.19. The largest absolute Gasteiger partial charge is 0.301 e. The van der Waals surface area contributed by atoms with E-state index < -0.39 is 0 Å². The van der Waals surface area contributed by atoms with E-state index in [1.807, 2.05) is 31.2 Å². The van der Waals surface area contributed by atoms with Crippen LogP contribution in [0.3, 0.4) is 0 Å². The number of carbonyl (C=O) groups is 1. The van der Waals surface area contributed by atoms with Gasteiger partial charge in [-0.2, -0.15) is 0 Å². The van der Waals surface area contributed by atoms with Crippen LogP contribution in [0.15, 0.2) is 52.8 Å². The molecule has 128 valence electrons. The number of nitrogens with one attached hydrogen (secondary N) is 1. The standard InChI is InChI=1S/C18H14N6OS/c1-11-8-21-13(9-20-11)10-22-18-24-17(25)16(26-18)7-12-4-5-14-15(23-12)3-2-6-19-14/h2-9H,10H2,1H3,(H,22,24,25)/b16-7+. The molecule has 1 saturated heterocycles. The zero-order valence-electron chi connectivity index (χ0n) is 13.9. The van der Waals surface area contributed by atoms with Crippen LogP contribution in [0.4, 0.5) is 0 Å². The van der Waals surface area contributed by atoms with Gasteiger partial charge in [-0.1, -0.05) is 0 Å². The highest BCUT2D eigenvalue weighted by atomic mass is 32.2. The number of hydrogen-bond acceptors (Lipinski definition) is 7. The van der Waals surface area contributed by atoms with Crippen LogP contribution in [0, 0.1) is 6.92 Å². The summed E-state index contributed by atoms with van der Waals surface area (Å²) in [6.07, 6.45) is 6.86. The topological polar surface area (TPSA) is 93.0 Å². The lowest BCUT2D eigenvalue weighted by Gasteiger charge is -1.98. The van der Waals surface area contributed by atoms with Gasteiger partial charge in [0, 0.05) is 12.4 Å². The highest BCUT2D eigenvalue weighted by molar-refractivity contribution is 8.18. The van der Waals surface area contributed by atoms with Crippen LogP contribution in [-0.2, 0) is 11.3 Å². The van der Waals surface area contributed by atoms with Crippen LogP contribution in [0.5, 0.6) is 0 Å². The van der Waals surface area contributed by atoms with Gasteiger partial charge in [0.25, 0.3) is 5.91 Å². The highest BCUT2D eigenvalue weighted by Gasteiger charge is 2.23. The van der Waals surface area contributed by atoms with E-state index in [2.05, 4.69) is 30.2 Å². The number of amidine groups is 1. The van der Waals surface area contributed by atoms with Crippen molar-refractivity contribution in [3.05, 3.63) is 64.8 Å². The van der Waals surface area contributed by atoms with Crippen molar-refractivity contribution in [3.8, 4) is 0 Å². The van der Waals surface area contributed by atoms with Crippen LogP contribution in [0.25, 0.3) is 17.1 Å². The van der Waals surface area contributed by atoms with Gasteiger partial charge < -0.3 is 5.32 Å². The van der Waals surface area contributed by atoms with E-state index in [0.29, 0.717) is 22.3 Å². The number of carbonyl (C=O) groups excluding carboxylic acids is 1. The van der Waals surface area contributed by atoms with Crippen LogP contribution in [0.1, 0.15) is 17.1 Å². The fourth-order valence-corrected chi connectivity index (χ4v) is 3.15. The third kappa shape index (κ3) is 3.60. The first-order valence-corrected chi connectivity index (χ1v) is 8.74. The second kappa shape index (κ2) is 7.01. The van der Waals surface area contributed by atoms with Crippen molar-refractivity contribution in [3.63, 3.8) is 0 Å². The molecule has 4 rings (SSSR count). The molecule has 1 fully saturated rings. The number of rotatable bonds is 3. The predicted octanol–water partition coefficient (Wildman–Crippen LogP) is 2.49. The summed E-state index contributed by atoms with van der Waals surface area (Å²) < 4.78 is 0. The Bertz CT molecular complexity index is 1040. The van der Waals surface area contributed by atoms with E-state index in [1.165, 1.54) is 11.8 Å². The van der Waals surface area contributed by atoms with Crippen molar-refractivity contribution in [2.75, 3.05) is 0 Å². The SMILES string of the molecule is Cc1cnc(CN=C2NC(=O)/C(=C\c3ccc4ncccc4n3)S2)cn1. The van der Waals surface area contributed by atoms with Crippen molar-refractivity contribution < 1.29 is 4.79 Å². The number of fused-ring (bicyclic) bond motifs is 1. The third-order valence-electron chi connectivity index (χ3n) is 3.63. The molecule has 0 aliphatic carbocycles. The Labute approximate surface area is 153 Å². The van der Waals surface area contributed by atoms with Crippen molar-refractivity contribution in [1.82, 2.24) is 25.3 Å². The number of aryl methyl sites for hydroxylation is 1. The van der Waals surface area contributed by atoms with Gasteiger partial charge in [-0.3, -0.25) is 24.7 Å². The Kier molecular flexibility index (Phi) is 4.40. The normalized spacial score (nSPS) is 17.2. The molecule has 0 aromatic carbocycles. The van der Waals surface area contributed by atoms with Crippen LogP contribution in [-0.4, -0.2) is 31.0 Å². The van der Waals surface area contributed by atoms with E-state index in [-0.39, 0.29) is 5.91 Å². The predicted molar refractivity (Wildman–Crippen MR) is 101 cm³/mol. The fraction of sp³-hybridized carbons (Fsp3) is 0.111. The maximum Gasteiger partial charge on any atom is 0.264 e. The molecular weight excluding hydrogens is 348 g/mol. The molecule has 3 aromatic rings. The Balaban J connectivity index is 1.52. The zero-order valence-corrected chi connectivity index (χ0v) is 14.7. The Hall–Kier alpha value is -3.13. The van der Waals surface area contributed by atoms with Gasteiger partial charge in [0.05, 0.1) is 45.8 Å². The summed E-state index contributed by atoms with van der Waals surface area (Å²) in [5.74, 6) is -0.183. The maximum atomic E-state index is 12.2. The molecule has 26 heavy (non-hydrogen) atoms. The second-order valence-electron chi connectivity index (χ2n) is 5.61. The Morgan fingerprint density at radius 2 is 2.08 bits per heavy atom. The van der Waals surface area contributed by atoms with Crippen LogP contribution < -0.4 is 5.32 Å². The number of pyridine rings is 2. The molecule has 3 aromatic heterocycles. The molecule has 4 heterocycles. The van der Waals surface area contributed by atoms with Gasteiger partial charge in [0.15, 0.2) is 5.17 Å². The molecule has 8 heteroatoms. The second-order valence-corrected chi connectivity index (χ2v) is 6.64. The first-order chi connectivity index (χ1) is 12.7. The molecule has 0 spiro atoms. The molecular formula is C18H14N6OS. The lowest BCUT2D eigenvalue weighted by molar-refractivity contribution is -0.115. The summed E-state index contributed by atoms with van der Waals surface area (Å²) in [5.41, 5.74) is 3.91. The third-order valence-corrected chi connectivity index (χ3v) is 4.57. The summed E-state index contributed by atoms with van der Waals surface area (Å²) in [5, 5.41) is 3.31. The molecule has 7 nitrogen and oxygen atoms in total. The summed E-state index contributed by atoms with van der Waals surface area (Å²) in [6.45, 7) is 2.24. The smallest absolute Gasteiger partial charge is 0.264 e. The Morgan fingerprint density at radius 3 is 2.92 bits per heavy atom. The lowest BCUT2D eigenvalue weighted by atomic mass is 10.2. The molecule has 0 saturated carbocycles. The van der Waals surface area contributed by atoms with Crippen LogP contribution in [0.2, 0.25) is 0 Å². The molecule has 1 amide bonds. The Morgan fingerprint density at radius 1 is 1.15 bits per heavy atom. The van der Waals surface area contributed by atoms with E-state index in [1.54, 1.807) is 24.7 Å². The average Bonchev–Trinajstić information content (AvgIpc) is 3.01. The summed E-state index contributed by atoms with van der Waals surface area (Å²) in [4.78, 5) is 34.3. The summed E-state index contributed by atoms with van der Waals surface area (Å²) >= 11 is 1.29.